The van der Waals surface area contributed by atoms with Crippen LogP contribution in [0.1, 0.15) is 25.0 Å². The van der Waals surface area contributed by atoms with Gasteiger partial charge in [-0.2, -0.15) is 5.10 Å². The summed E-state index contributed by atoms with van der Waals surface area (Å²) in [5.41, 5.74) is 3.36. The van der Waals surface area contributed by atoms with Crippen LogP contribution in [-0.2, 0) is 6.54 Å². The first-order valence-electron chi connectivity index (χ1n) is 9.08. The summed E-state index contributed by atoms with van der Waals surface area (Å²) in [6.07, 6.45) is 5.57. The number of fused-ring (bicyclic) bond motifs is 1. The number of hydrogen-bond donors (Lipinski definition) is 0. The molecule has 0 bridgehead atoms. The molecule has 1 saturated heterocycles. The van der Waals surface area contributed by atoms with Gasteiger partial charge in [-0.1, -0.05) is 48.1 Å². The lowest BCUT2D eigenvalue weighted by Crippen LogP contribution is -2.29. The topological polar surface area (TPSA) is 46.6 Å². The van der Waals surface area contributed by atoms with Gasteiger partial charge in [-0.05, 0) is 38.1 Å². The van der Waals surface area contributed by atoms with Gasteiger partial charge in [-0.15, -0.1) is 0 Å². The summed E-state index contributed by atoms with van der Waals surface area (Å²) in [6, 6.07) is 14.3. The van der Waals surface area contributed by atoms with E-state index >= 15 is 0 Å². The molecule has 0 N–H and O–H groups in total. The van der Waals surface area contributed by atoms with Crippen LogP contribution in [-0.4, -0.2) is 32.6 Å². The zero-order valence-electron chi connectivity index (χ0n) is 14.5. The highest BCUT2D eigenvalue weighted by atomic mass is 32.1. The van der Waals surface area contributed by atoms with Crippen LogP contribution in [0.25, 0.3) is 27.0 Å². The fourth-order valence-corrected chi connectivity index (χ4v) is 4.47. The van der Waals surface area contributed by atoms with E-state index in [1.165, 1.54) is 25.0 Å². The van der Waals surface area contributed by atoms with E-state index in [0.29, 0.717) is 0 Å². The van der Waals surface area contributed by atoms with Gasteiger partial charge in [0, 0.05) is 12.1 Å². The lowest BCUT2D eigenvalue weighted by molar-refractivity contribution is 0.217. The van der Waals surface area contributed by atoms with Gasteiger partial charge in [0.25, 0.3) is 0 Å². The maximum atomic E-state index is 5.52. The summed E-state index contributed by atoms with van der Waals surface area (Å²) in [7, 11) is 0. The molecular weight excluding hydrogens is 344 g/mol. The monoisotopic (exact) mass is 364 g/mol. The summed E-state index contributed by atoms with van der Waals surface area (Å²) in [4.78, 5) is 8.37. The second-order valence-electron chi connectivity index (χ2n) is 6.69. The molecular formula is C20H20N4OS. The Kier molecular flexibility index (Phi) is 4.07. The van der Waals surface area contributed by atoms with E-state index in [1.807, 2.05) is 22.7 Å². The fourth-order valence-electron chi connectivity index (χ4n) is 3.59. The van der Waals surface area contributed by atoms with Crippen LogP contribution in [0.15, 0.2) is 53.1 Å². The number of furan rings is 1. The maximum Gasteiger partial charge on any atom is 0.213 e. The molecule has 0 aliphatic carbocycles. The molecule has 0 saturated carbocycles. The van der Waals surface area contributed by atoms with Crippen molar-refractivity contribution in [2.45, 2.75) is 25.8 Å². The van der Waals surface area contributed by atoms with E-state index in [9.17, 15) is 0 Å². The minimum Gasteiger partial charge on any atom is -0.462 e. The van der Waals surface area contributed by atoms with Crippen molar-refractivity contribution in [3.63, 3.8) is 0 Å². The van der Waals surface area contributed by atoms with Crippen molar-refractivity contribution in [3.8, 4) is 22.0 Å². The molecule has 1 aliphatic rings. The number of nitrogens with zero attached hydrogens (tertiary/aromatic N) is 4. The number of likely N-dealkylation sites (tertiary alicyclic amines) is 1. The Balaban J connectivity index is 1.61. The molecule has 132 valence electrons. The SMILES string of the molecule is c1ccc(-c2nc3sc(-c4ccco4)nn3c2CN2CCCCC2)cc1. The van der Waals surface area contributed by atoms with Gasteiger partial charge < -0.3 is 4.42 Å². The molecule has 1 fully saturated rings. The number of aromatic nitrogens is 3. The summed E-state index contributed by atoms with van der Waals surface area (Å²) < 4.78 is 7.53. The first-order chi connectivity index (χ1) is 12.9. The Morgan fingerprint density at radius 1 is 1.00 bits per heavy atom. The summed E-state index contributed by atoms with van der Waals surface area (Å²) >= 11 is 1.58. The molecule has 4 heterocycles. The Labute approximate surface area is 155 Å². The van der Waals surface area contributed by atoms with Gasteiger partial charge in [0.15, 0.2) is 10.8 Å². The molecule has 5 nitrogen and oxygen atoms in total. The average Bonchev–Trinajstić information content (AvgIpc) is 3.40. The first-order valence-corrected chi connectivity index (χ1v) is 9.90. The van der Waals surface area contributed by atoms with Crippen LogP contribution >= 0.6 is 11.3 Å². The minimum absolute atomic E-state index is 0.797. The molecule has 0 unspecified atom stereocenters. The maximum absolute atomic E-state index is 5.52. The van der Waals surface area contributed by atoms with Crippen molar-refractivity contribution in [1.82, 2.24) is 19.5 Å². The number of piperidine rings is 1. The van der Waals surface area contributed by atoms with Gasteiger partial charge in [0.2, 0.25) is 4.96 Å². The standard InChI is InChI=1S/C20H20N4OS/c1-3-8-15(9-4-1)18-16(14-23-11-5-2-6-12-23)24-20(21-18)26-19(22-24)17-10-7-13-25-17/h1,3-4,7-10,13H,2,5-6,11-12,14H2. The van der Waals surface area contributed by atoms with Crippen molar-refractivity contribution < 1.29 is 4.42 Å². The molecule has 0 atom stereocenters. The summed E-state index contributed by atoms with van der Waals surface area (Å²) in [6.45, 7) is 3.18. The molecule has 0 radical (unpaired) electrons. The molecule has 0 amide bonds. The second kappa shape index (κ2) is 6.70. The predicted molar refractivity (Wildman–Crippen MR) is 103 cm³/mol. The number of hydrogen-bond acceptors (Lipinski definition) is 5. The third-order valence-corrected chi connectivity index (χ3v) is 5.82. The molecule has 26 heavy (non-hydrogen) atoms. The second-order valence-corrected chi connectivity index (χ2v) is 7.64. The molecule has 3 aromatic heterocycles. The van der Waals surface area contributed by atoms with Crippen LogP contribution < -0.4 is 0 Å². The number of rotatable bonds is 4. The third-order valence-electron chi connectivity index (χ3n) is 4.90. The summed E-state index contributed by atoms with van der Waals surface area (Å²) in [5, 5.41) is 5.69. The molecule has 4 aromatic rings. The molecule has 0 spiro atoms. The van der Waals surface area contributed by atoms with E-state index in [1.54, 1.807) is 17.6 Å². The largest absolute Gasteiger partial charge is 0.462 e. The Morgan fingerprint density at radius 3 is 2.62 bits per heavy atom. The highest BCUT2D eigenvalue weighted by Gasteiger charge is 2.22. The average molecular weight is 364 g/mol. The van der Waals surface area contributed by atoms with Gasteiger partial charge in [0.1, 0.15) is 0 Å². The van der Waals surface area contributed by atoms with Crippen molar-refractivity contribution >= 4 is 16.3 Å². The third kappa shape index (κ3) is 2.85. The molecule has 5 rings (SSSR count). The fraction of sp³-hybridized carbons (Fsp3) is 0.300. The molecule has 6 heteroatoms. The zero-order valence-corrected chi connectivity index (χ0v) is 15.3. The van der Waals surface area contributed by atoms with E-state index < -0.39 is 0 Å². The Bertz CT molecular complexity index is 997. The lowest BCUT2D eigenvalue weighted by Gasteiger charge is -2.26. The van der Waals surface area contributed by atoms with Gasteiger partial charge in [0.05, 0.1) is 17.7 Å². The highest BCUT2D eigenvalue weighted by molar-refractivity contribution is 7.19. The zero-order chi connectivity index (χ0) is 17.3. The number of imidazole rings is 1. The van der Waals surface area contributed by atoms with Gasteiger partial charge in [-0.25, -0.2) is 9.50 Å². The van der Waals surface area contributed by atoms with Crippen LogP contribution in [0.5, 0.6) is 0 Å². The van der Waals surface area contributed by atoms with E-state index in [-0.39, 0.29) is 0 Å². The predicted octanol–water partition coefficient (Wildman–Crippen LogP) is 4.70. The Hall–Kier alpha value is -2.44. The van der Waals surface area contributed by atoms with Gasteiger partial charge in [-0.3, -0.25) is 4.90 Å². The van der Waals surface area contributed by atoms with E-state index in [2.05, 4.69) is 29.2 Å². The van der Waals surface area contributed by atoms with Crippen LogP contribution in [0.4, 0.5) is 0 Å². The molecule has 1 aliphatic heterocycles. The van der Waals surface area contributed by atoms with Gasteiger partial charge >= 0.3 is 0 Å². The van der Waals surface area contributed by atoms with Crippen molar-refractivity contribution in [3.05, 3.63) is 54.4 Å². The number of benzene rings is 1. The summed E-state index contributed by atoms with van der Waals surface area (Å²) in [5.74, 6) is 0.797. The van der Waals surface area contributed by atoms with Crippen LogP contribution in [0.3, 0.4) is 0 Å². The van der Waals surface area contributed by atoms with E-state index in [0.717, 1.165) is 46.6 Å². The lowest BCUT2D eigenvalue weighted by atomic mass is 10.1. The highest BCUT2D eigenvalue weighted by Crippen LogP contribution is 2.32. The minimum atomic E-state index is 0.797. The van der Waals surface area contributed by atoms with Crippen LogP contribution in [0, 0.1) is 0 Å². The quantitative estimate of drug-likeness (QED) is 0.526. The van der Waals surface area contributed by atoms with Crippen molar-refractivity contribution in [2.75, 3.05) is 13.1 Å². The van der Waals surface area contributed by atoms with E-state index in [4.69, 9.17) is 14.5 Å². The molecule has 1 aromatic carbocycles. The Morgan fingerprint density at radius 2 is 1.85 bits per heavy atom. The smallest absolute Gasteiger partial charge is 0.213 e. The first kappa shape index (κ1) is 15.8. The van der Waals surface area contributed by atoms with Crippen molar-refractivity contribution in [2.24, 2.45) is 0 Å². The normalized spacial score (nSPS) is 15.7. The van der Waals surface area contributed by atoms with Crippen LogP contribution in [0.2, 0.25) is 0 Å². The van der Waals surface area contributed by atoms with Crippen molar-refractivity contribution in [1.29, 1.82) is 0 Å².